The molecule has 1 aromatic rings. The Kier molecular flexibility index (Phi) is 2.31. The van der Waals surface area contributed by atoms with Crippen LogP contribution in [0, 0.1) is 0 Å². The third-order valence-electron chi connectivity index (χ3n) is 2.32. The highest BCUT2D eigenvalue weighted by molar-refractivity contribution is 7.13. The molecule has 3 nitrogen and oxygen atoms in total. The summed E-state index contributed by atoms with van der Waals surface area (Å²) in [6.07, 6.45) is 2.20. The first-order valence-electron chi connectivity index (χ1n) is 4.83. The molecule has 0 amide bonds. The first-order valence-corrected chi connectivity index (χ1v) is 5.65. The van der Waals surface area contributed by atoms with E-state index < -0.39 is 5.97 Å². The van der Waals surface area contributed by atoms with Crippen LogP contribution < -0.4 is 0 Å². The lowest BCUT2D eigenvalue weighted by Crippen LogP contribution is -1.97. The zero-order valence-corrected chi connectivity index (χ0v) is 9.10. The number of thiazole rings is 1. The molecule has 0 spiro atoms. The summed E-state index contributed by atoms with van der Waals surface area (Å²) in [4.78, 5) is 15.8. The first kappa shape index (κ1) is 9.65. The molecule has 14 heavy (non-hydrogen) atoms. The van der Waals surface area contributed by atoms with Crippen LogP contribution in [0.15, 0.2) is 0 Å². The second kappa shape index (κ2) is 3.35. The molecule has 0 aromatic carbocycles. The maximum absolute atomic E-state index is 11.0. The molecular formula is C10H13NO2S. The fraction of sp³-hybridized carbons (Fsp3) is 0.600. The van der Waals surface area contributed by atoms with E-state index >= 15 is 0 Å². The maximum Gasteiger partial charge on any atom is 0.347 e. The van der Waals surface area contributed by atoms with Crippen molar-refractivity contribution < 1.29 is 9.90 Å². The van der Waals surface area contributed by atoms with Crippen molar-refractivity contribution in [2.45, 2.75) is 38.5 Å². The van der Waals surface area contributed by atoms with Crippen LogP contribution in [0.4, 0.5) is 0 Å². The number of carbonyl (C=O) groups is 1. The van der Waals surface area contributed by atoms with Gasteiger partial charge in [-0.05, 0) is 12.8 Å². The van der Waals surface area contributed by atoms with Crippen LogP contribution in [0.2, 0.25) is 0 Å². The van der Waals surface area contributed by atoms with E-state index in [-0.39, 0.29) is 0 Å². The van der Waals surface area contributed by atoms with E-state index in [9.17, 15) is 4.79 Å². The Morgan fingerprint density at radius 1 is 1.57 bits per heavy atom. The van der Waals surface area contributed by atoms with Crippen molar-refractivity contribution in [2.24, 2.45) is 0 Å². The molecule has 76 valence electrons. The van der Waals surface area contributed by atoms with Gasteiger partial charge in [0, 0.05) is 11.8 Å². The lowest BCUT2D eigenvalue weighted by atomic mass is 10.2. The topological polar surface area (TPSA) is 50.2 Å². The Bertz CT molecular complexity index is 366. The minimum absolute atomic E-state index is 0.325. The van der Waals surface area contributed by atoms with Gasteiger partial charge in [0.25, 0.3) is 0 Å². The molecular weight excluding hydrogens is 198 g/mol. The van der Waals surface area contributed by atoms with Crippen LogP contribution in [-0.2, 0) is 0 Å². The normalized spacial score (nSPS) is 16.2. The Hall–Kier alpha value is -0.900. The second-order valence-corrected chi connectivity index (χ2v) is 5.03. The van der Waals surface area contributed by atoms with E-state index in [0.29, 0.717) is 16.7 Å². The lowest BCUT2D eigenvalue weighted by Gasteiger charge is -1.95. The quantitative estimate of drug-likeness (QED) is 0.836. The number of hydrogen-bond acceptors (Lipinski definition) is 3. The van der Waals surface area contributed by atoms with Crippen molar-refractivity contribution in [1.82, 2.24) is 4.98 Å². The van der Waals surface area contributed by atoms with Crippen LogP contribution in [-0.4, -0.2) is 16.1 Å². The SMILES string of the molecule is CC(C)c1nc(C2CC2)c(C(=O)O)s1. The fourth-order valence-electron chi connectivity index (χ4n) is 1.38. The Balaban J connectivity index is 2.40. The maximum atomic E-state index is 11.0. The molecule has 1 aliphatic rings. The highest BCUT2D eigenvalue weighted by Gasteiger charge is 2.32. The molecule has 1 heterocycles. The molecule has 1 N–H and O–H groups in total. The average Bonchev–Trinajstić information content (AvgIpc) is 2.83. The molecule has 0 radical (unpaired) electrons. The Morgan fingerprint density at radius 2 is 2.21 bits per heavy atom. The Labute approximate surface area is 86.8 Å². The molecule has 1 aromatic heterocycles. The summed E-state index contributed by atoms with van der Waals surface area (Å²) < 4.78 is 0. The summed E-state index contributed by atoms with van der Waals surface area (Å²) in [6.45, 7) is 4.09. The van der Waals surface area contributed by atoms with E-state index in [1.807, 2.05) is 13.8 Å². The minimum atomic E-state index is -0.823. The summed E-state index contributed by atoms with van der Waals surface area (Å²) in [6, 6.07) is 0. The molecule has 0 bridgehead atoms. The van der Waals surface area contributed by atoms with Crippen molar-refractivity contribution in [3.63, 3.8) is 0 Å². The van der Waals surface area contributed by atoms with Gasteiger partial charge >= 0.3 is 5.97 Å². The van der Waals surface area contributed by atoms with Crippen LogP contribution in [0.1, 0.15) is 58.9 Å². The van der Waals surface area contributed by atoms with E-state index in [2.05, 4.69) is 4.98 Å². The van der Waals surface area contributed by atoms with Crippen LogP contribution >= 0.6 is 11.3 Å². The zero-order valence-electron chi connectivity index (χ0n) is 8.28. The number of aromatic carboxylic acids is 1. The third-order valence-corrected chi connectivity index (χ3v) is 3.68. The summed E-state index contributed by atoms with van der Waals surface area (Å²) in [5.74, 6) is -0.0771. The smallest absolute Gasteiger partial charge is 0.347 e. The van der Waals surface area contributed by atoms with Crippen LogP contribution in [0.25, 0.3) is 0 Å². The second-order valence-electron chi connectivity index (χ2n) is 4.00. The molecule has 0 saturated heterocycles. The van der Waals surface area contributed by atoms with Crippen molar-refractivity contribution in [2.75, 3.05) is 0 Å². The number of nitrogens with zero attached hydrogens (tertiary/aromatic N) is 1. The van der Waals surface area contributed by atoms with E-state index in [4.69, 9.17) is 5.11 Å². The number of hydrogen-bond donors (Lipinski definition) is 1. The summed E-state index contributed by atoms with van der Waals surface area (Å²) in [5.41, 5.74) is 0.825. The standard InChI is InChI=1S/C10H13NO2S/c1-5(2)9-11-7(6-3-4-6)8(14-9)10(12)13/h5-6H,3-4H2,1-2H3,(H,12,13). The molecule has 1 aliphatic carbocycles. The van der Waals surface area contributed by atoms with Gasteiger partial charge in [-0.3, -0.25) is 0 Å². The van der Waals surface area contributed by atoms with Crippen molar-refractivity contribution >= 4 is 17.3 Å². The monoisotopic (exact) mass is 211 g/mol. The van der Waals surface area contributed by atoms with Gasteiger partial charge in [-0.2, -0.15) is 0 Å². The Morgan fingerprint density at radius 3 is 2.64 bits per heavy atom. The van der Waals surface area contributed by atoms with Gasteiger partial charge < -0.3 is 5.11 Å². The van der Waals surface area contributed by atoms with Crippen LogP contribution in [0.3, 0.4) is 0 Å². The highest BCUT2D eigenvalue weighted by atomic mass is 32.1. The number of rotatable bonds is 3. The molecule has 1 fully saturated rings. The van der Waals surface area contributed by atoms with Crippen LogP contribution in [0.5, 0.6) is 0 Å². The number of aromatic nitrogens is 1. The largest absolute Gasteiger partial charge is 0.477 e. The lowest BCUT2D eigenvalue weighted by molar-refractivity contribution is 0.0700. The minimum Gasteiger partial charge on any atom is -0.477 e. The number of carboxylic acids is 1. The molecule has 2 rings (SSSR count). The molecule has 4 heteroatoms. The van der Waals surface area contributed by atoms with Crippen molar-refractivity contribution in [3.8, 4) is 0 Å². The summed E-state index contributed by atoms with van der Waals surface area (Å²) in [5, 5.41) is 9.96. The van der Waals surface area contributed by atoms with E-state index in [0.717, 1.165) is 23.5 Å². The predicted octanol–water partition coefficient (Wildman–Crippen LogP) is 2.84. The average molecular weight is 211 g/mol. The molecule has 0 aliphatic heterocycles. The van der Waals surface area contributed by atoms with Gasteiger partial charge in [0.15, 0.2) is 0 Å². The van der Waals surface area contributed by atoms with Crippen molar-refractivity contribution in [3.05, 3.63) is 15.6 Å². The van der Waals surface area contributed by atoms with E-state index in [1.54, 1.807) is 0 Å². The van der Waals surface area contributed by atoms with Gasteiger partial charge in [0.2, 0.25) is 0 Å². The van der Waals surface area contributed by atoms with Gasteiger partial charge in [-0.1, -0.05) is 13.8 Å². The van der Waals surface area contributed by atoms with Gasteiger partial charge in [-0.25, -0.2) is 9.78 Å². The summed E-state index contributed by atoms with van der Waals surface area (Å²) >= 11 is 1.33. The van der Waals surface area contributed by atoms with Gasteiger partial charge in [0.1, 0.15) is 4.88 Å². The molecule has 1 saturated carbocycles. The predicted molar refractivity (Wildman–Crippen MR) is 55.1 cm³/mol. The van der Waals surface area contributed by atoms with Crippen molar-refractivity contribution in [1.29, 1.82) is 0 Å². The fourth-order valence-corrected chi connectivity index (χ4v) is 2.38. The molecule has 0 atom stereocenters. The number of carboxylic acid groups (broad SMARTS) is 1. The van der Waals surface area contributed by atoms with Gasteiger partial charge in [-0.15, -0.1) is 11.3 Å². The van der Waals surface area contributed by atoms with E-state index in [1.165, 1.54) is 11.3 Å². The summed E-state index contributed by atoms with van der Waals surface area (Å²) in [7, 11) is 0. The zero-order chi connectivity index (χ0) is 10.3. The first-order chi connectivity index (χ1) is 6.59. The van der Waals surface area contributed by atoms with Gasteiger partial charge in [0.05, 0.1) is 10.7 Å². The molecule has 0 unspecified atom stereocenters. The highest BCUT2D eigenvalue weighted by Crippen LogP contribution is 2.43. The third kappa shape index (κ3) is 1.66.